The fourth-order valence-electron chi connectivity index (χ4n) is 2.61. The summed E-state index contributed by atoms with van der Waals surface area (Å²) < 4.78 is 0. The van der Waals surface area contributed by atoms with Crippen LogP contribution in [0.15, 0.2) is 6.07 Å². The maximum atomic E-state index is 4.61. The molecule has 1 fully saturated rings. The largest absolute Gasteiger partial charge is 0.367 e. The van der Waals surface area contributed by atoms with Crippen molar-refractivity contribution < 1.29 is 0 Å². The third-order valence-electron chi connectivity index (χ3n) is 3.80. The molecule has 6 heteroatoms. The number of nitrogens with zero attached hydrogens (tertiary/aromatic N) is 3. The van der Waals surface area contributed by atoms with Crippen molar-refractivity contribution in [2.75, 3.05) is 37.8 Å². The van der Waals surface area contributed by atoms with Crippen molar-refractivity contribution in [3.05, 3.63) is 10.9 Å². The van der Waals surface area contributed by atoms with Crippen LogP contribution in [0.4, 0.5) is 11.8 Å². The Morgan fingerprint density at radius 1 is 1.30 bits per heavy atom. The van der Waals surface area contributed by atoms with E-state index in [1.807, 2.05) is 7.05 Å². The van der Waals surface area contributed by atoms with Gasteiger partial charge in [-0.25, -0.2) is 4.98 Å². The highest BCUT2D eigenvalue weighted by Gasteiger charge is 2.19. The van der Waals surface area contributed by atoms with Gasteiger partial charge in [0.1, 0.15) is 10.6 Å². The normalized spacial score (nSPS) is 17.6. The molecular formula is C14H21N5S. The van der Waals surface area contributed by atoms with Crippen LogP contribution in [0.3, 0.4) is 0 Å². The molecule has 3 rings (SSSR count). The van der Waals surface area contributed by atoms with Crippen molar-refractivity contribution in [1.82, 2.24) is 14.9 Å². The highest BCUT2D eigenvalue weighted by molar-refractivity contribution is 7.18. The molecule has 2 N–H and O–H groups in total. The van der Waals surface area contributed by atoms with E-state index in [9.17, 15) is 0 Å². The van der Waals surface area contributed by atoms with Gasteiger partial charge in [-0.3, -0.25) is 0 Å². The molecule has 2 aromatic rings. The lowest BCUT2D eigenvalue weighted by Gasteiger charge is -2.30. The lowest BCUT2D eigenvalue weighted by molar-refractivity contribution is 0.264. The molecule has 1 aliphatic heterocycles. The molecule has 0 unspecified atom stereocenters. The molecule has 1 saturated heterocycles. The molecule has 0 spiro atoms. The lowest BCUT2D eigenvalue weighted by atomic mass is 10.1. The van der Waals surface area contributed by atoms with E-state index in [1.165, 1.54) is 17.7 Å². The zero-order valence-corrected chi connectivity index (χ0v) is 13.0. The van der Waals surface area contributed by atoms with Crippen LogP contribution in [-0.4, -0.2) is 48.1 Å². The molecular weight excluding hydrogens is 270 g/mol. The van der Waals surface area contributed by atoms with Gasteiger partial charge in [0, 0.05) is 18.0 Å². The van der Waals surface area contributed by atoms with E-state index in [2.05, 4.69) is 45.5 Å². The highest BCUT2D eigenvalue weighted by atomic mass is 32.1. The number of anilines is 2. The minimum Gasteiger partial charge on any atom is -0.367 e. The van der Waals surface area contributed by atoms with Crippen molar-refractivity contribution >= 4 is 33.3 Å². The molecule has 0 radical (unpaired) electrons. The predicted molar refractivity (Wildman–Crippen MR) is 85.8 cm³/mol. The first-order valence-corrected chi connectivity index (χ1v) is 7.88. The number of thiophene rings is 1. The van der Waals surface area contributed by atoms with Gasteiger partial charge < -0.3 is 15.5 Å². The first-order valence-electron chi connectivity index (χ1n) is 7.06. The second-order valence-corrected chi connectivity index (χ2v) is 6.68. The average Bonchev–Trinajstić information content (AvgIpc) is 2.81. The Bertz CT molecular complexity index is 601. The first-order chi connectivity index (χ1) is 9.65. The monoisotopic (exact) mass is 291 g/mol. The number of hydrogen-bond donors (Lipinski definition) is 2. The second kappa shape index (κ2) is 5.54. The molecule has 2 aromatic heterocycles. The van der Waals surface area contributed by atoms with Gasteiger partial charge in [0.05, 0.1) is 5.39 Å². The third-order valence-corrected chi connectivity index (χ3v) is 4.74. The van der Waals surface area contributed by atoms with Gasteiger partial charge in [0.25, 0.3) is 0 Å². The summed E-state index contributed by atoms with van der Waals surface area (Å²) in [6, 6.07) is 2.69. The average molecular weight is 291 g/mol. The van der Waals surface area contributed by atoms with Crippen molar-refractivity contribution in [2.24, 2.45) is 0 Å². The van der Waals surface area contributed by atoms with E-state index in [1.54, 1.807) is 11.3 Å². The number of rotatable bonds is 3. The van der Waals surface area contributed by atoms with E-state index in [-0.39, 0.29) is 0 Å². The van der Waals surface area contributed by atoms with E-state index in [0.717, 1.165) is 29.1 Å². The maximum absolute atomic E-state index is 4.61. The van der Waals surface area contributed by atoms with Gasteiger partial charge in [0.15, 0.2) is 0 Å². The van der Waals surface area contributed by atoms with Crippen LogP contribution in [0.1, 0.15) is 17.7 Å². The zero-order chi connectivity index (χ0) is 14.1. The Labute approximate surface area is 123 Å². The topological polar surface area (TPSA) is 53.1 Å². The SMILES string of the molecule is CNc1nc(NC2CCN(C)CC2)c2cc(C)sc2n1. The van der Waals surface area contributed by atoms with Gasteiger partial charge in [-0.15, -0.1) is 11.3 Å². The second-order valence-electron chi connectivity index (χ2n) is 5.44. The number of nitrogens with one attached hydrogen (secondary N) is 2. The van der Waals surface area contributed by atoms with E-state index >= 15 is 0 Å². The van der Waals surface area contributed by atoms with Gasteiger partial charge in [-0.05, 0) is 46.0 Å². The first kappa shape index (κ1) is 13.6. The summed E-state index contributed by atoms with van der Waals surface area (Å²) in [5.74, 6) is 1.66. The summed E-state index contributed by atoms with van der Waals surface area (Å²) in [7, 11) is 4.04. The Hall–Kier alpha value is -1.40. The van der Waals surface area contributed by atoms with Crippen molar-refractivity contribution in [3.63, 3.8) is 0 Å². The highest BCUT2D eigenvalue weighted by Crippen LogP contribution is 2.30. The Kier molecular flexibility index (Phi) is 3.76. The molecule has 0 bridgehead atoms. The van der Waals surface area contributed by atoms with E-state index < -0.39 is 0 Å². The summed E-state index contributed by atoms with van der Waals surface area (Å²) >= 11 is 1.72. The molecule has 0 amide bonds. The fraction of sp³-hybridized carbons (Fsp3) is 0.571. The summed E-state index contributed by atoms with van der Waals surface area (Å²) in [5.41, 5.74) is 0. The molecule has 108 valence electrons. The van der Waals surface area contributed by atoms with Crippen molar-refractivity contribution in [3.8, 4) is 0 Å². The number of fused-ring (bicyclic) bond motifs is 1. The zero-order valence-electron chi connectivity index (χ0n) is 12.2. The number of likely N-dealkylation sites (tertiary alicyclic amines) is 1. The van der Waals surface area contributed by atoms with Crippen LogP contribution in [0.25, 0.3) is 10.2 Å². The number of hydrogen-bond acceptors (Lipinski definition) is 6. The molecule has 5 nitrogen and oxygen atoms in total. The van der Waals surface area contributed by atoms with E-state index in [4.69, 9.17) is 0 Å². The molecule has 0 aliphatic carbocycles. The quantitative estimate of drug-likeness (QED) is 0.910. The maximum Gasteiger partial charge on any atom is 0.225 e. The molecule has 3 heterocycles. The summed E-state index contributed by atoms with van der Waals surface area (Å²) in [6.07, 6.45) is 2.33. The summed E-state index contributed by atoms with van der Waals surface area (Å²) in [5, 5.41) is 7.81. The van der Waals surface area contributed by atoms with Gasteiger partial charge in [-0.1, -0.05) is 0 Å². The van der Waals surface area contributed by atoms with Crippen molar-refractivity contribution in [2.45, 2.75) is 25.8 Å². The lowest BCUT2D eigenvalue weighted by Crippen LogP contribution is -2.36. The molecule has 1 aliphatic rings. The van der Waals surface area contributed by atoms with Crippen LogP contribution in [0, 0.1) is 6.92 Å². The van der Waals surface area contributed by atoms with Gasteiger partial charge >= 0.3 is 0 Å². The summed E-state index contributed by atoms with van der Waals surface area (Å²) in [6.45, 7) is 4.41. The summed E-state index contributed by atoms with van der Waals surface area (Å²) in [4.78, 5) is 13.8. The minimum absolute atomic E-state index is 0.509. The van der Waals surface area contributed by atoms with Crippen LogP contribution in [-0.2, 0) is 0 Å². The molecule has 0 saturated carbocycles. The van der Waals surface area contributed by atoms with Crippen LogP contribution < -0.4 is 10.6 Å². The Balaban J connectivity index is 1.89. The third kappa shape index (κ3) is 2.71. The van der Waals surface area contributed by atoms with Gasteiger partial charge in [0.2, 0.25) is 5.95 Å². The number of aromatic nitrogens is 2. The van der Waals surface area contributed by atoms with E-state index in [0.29, 0.717) is 12.0 Å². The number of piperidine rings is 1. The number of aryl methyl sites for hydroxylation is 1. The molecule has 20 heavy (non-hydrogen) atoms. The molecule has 0 aromatic carbocycles. The fourth-order valence-corrected chi connectivity index (χ4v) is 3.49. The van der Waals surface area contributed by atoms with Gasteiger partial charge in [-0.2, -0.15) is 4.98 Å². The molecule has 0 atom stereocenters. The van der Waals surface area contributed by atoms with Crippen LogP contribution in [0.5, 0.6) is 0 Å². The Morgan fingerprint density at radius 3 is 2.75 bits per heavy atom. The minimum atomic E-state index is 0.509. The van der Waals surface area contributed by atoms with Crippen LogP contribution in [0.2, 0.25) is 0 Å². The smallest absolute Gasteiger partial charge is 0.225 e. The standard InChI is InChI=1S/C14H21N5S/c1-9-8-11-12(16-10-4-6-19(3)7-5-10)17-14(15-2)18-13(11)20-9/h8,10H,4-7H2,1-3H3,(H2,15,16,17,18). The van der Waals surface area contributed by atoms with Crippen LogP contribution >= 0.6 is 11.3 Å². The van der Waals surface area contributed by atoms with Crippen molar-refractivity contribution in [1.29, 1.82) is 0 Å². The predicted octanol–water partition coefficient (Wildman–Crippen LogP) is 2.55. The Morgan fingerprint density at radius 2 is 2.05 bits per heavy atom.